The van der Waals surface area contributed by atoms with E-state index in [9.17, 15) is 0 Å². The lowest BCUT2D eigenvalue weighted by Crippen LogP contribution is -1.82. The van der Waals surface area contributed by atoms with Gasteiger partial charge >= 0.3 is 0 Å². The van der Waals surface area contributed by atoms with Crippen LogP contribution in [0.5, 0.6) is 0 Å². The third kappa shape index (κ3) is 1.16. The molecular formula is C15H9NS. The van der Waals surface area contributed by atoms with Crippen LogP contribution in [0.2, 0.25) is 0 Å². The number of aromatic nitrogens is 1. The minimum Gasteiger partial charge on any atom is -0.256 e. The van der Waals surface area contributed by atoms with Crippen LogP contribution in [-0.4, -0.2) is 4.98 Å². The lowest BCUT2D eigenvalue weighted by Gasteiger charge is -2.05. The van der Waals surface area contributed by atoms with Crippen LogP contribution in [0.15, 0.2) is 53.4 Å². The standard InChI is InChI=1S/C15H9NS/c1-2-5-11-10(4-1)12-6-3-7-16-15(12)14-9-17-8-13(11)14/h1-9H. The second-order valence-corrected chi connectivity index (χ2v) is 4.89. The fourth-order valence-corrected chi connectivity index (χ4v) is 3.31. The Morgan fingerprint density at radius 1 is 0.706 bits per heavy atom. The zero-order chi connectivity index (χ0) is 11.2. The third-order valence-electron chi connectivity index (χ3n) is 3.23. The highest BCUT2D eigenvalue weighted by Gasteiger charge is 2.08. The summed E-state index contributed by atoms with van der Waals surface area (Å²) in [4.78, 5) is 4.54. The number of fused-ring (bicyclic) bond motifs is 6. The molecule has 0 N–H and O–H groups in total. The van der Waals surface area contributed by atoms with E-state index in [1.54, 1.807) is 11.3 Å². The van der Waals surface area contributed by atoms with E-state index in [0.29, 0.717) is 0 Å². The van der Waals surface area contributed by atoms with Gasteiger partial charge in [0, 0.05) is 27.7 Å². The molecule has 2 heterocycles. The first-order chi connectivity index (χ1) is 8.45. The smallest absolute Gasteiger partial charge is 0.0795 e. The van der Waals surface area contributed by atoms with Gasteiger partial charge in [0.1, 0.15) is 0 Å². The predicted molar refractivity (Wildman–Crippen MR) is 74.6 cm³/mol. The molecule has 0 amide bonds. The van der Waals surface area contributed by atoms with Gasteiger partial charge in [0.25, 0.3) is 0 Å². The van der Waals surface area contributed by atoms with Crippen LogP contribution in [-0.2, 0) is 0 Å². The zero-order valence-electron chi connectivity index (χ0n) is 9.05. The van der Waals surface area contributed by atoms with E-state index in [4.69, 9.17) is 0 Å². The summed E-state index contributed by atoms with van der Waals surface area (Å²) in [5.41, 5.74) is 1.11. The first-order valence-electron chi connectivity index (χ1n) is 5.56. The van der Waals surface area contributed by atoms with Crippen molar-refractivity contribution in [2.75, 3.05) is 0 Å². The van der Waals surface area contributed by atoms with E-state index < -0.39 is 0 Å². The van der Waals surface area contributed by atoms with Crippen LogP contribution in [0, 0.1) is 0 Å². The van der Waals surface area contributed by atoms with E-state index in [2.05, 4.69) is 46.1 Å². The summed E-state index contributed by atoms with van der Waals surface area (Å²) in [6.45, 7) is 0. The largest absolute Gasteiger partial charge is 0.256 e. The number of pyridine rings is 1. The van der Waals surface area contributed by atoms with Gasteiger partial charge in [0.15, 0.2) is 0 Å². The summed E-state index contributed by atoms with van der Waals surface area (Å²) in [5.74, 6) is 0. The molecule has 0 saturated carbocycles. The number of hydrogen-bond donors (Lipinski definition) is 0. The maximum Gasteiger partial charge on any atom is 0.0795 e. The van der Waals surface area contributed by atoms with E-state index in [1.165, 1.54) is 26.9 Å². The van der Waals surface area contributed by atoms with Crippen molar-refractivity contribution in [1.82, 2.24) is 4.98 Å². The van der Waals surface area contributed by atoms with Crippen molar-refractivity contribution in [3.8, 4) is 0 Å². The number of nitrogens with zero attached hydrogens (tertiary/aromatic N) is 1. The monoisotopic (exact) mass is 235 g/mol. The summed E-state index contributed by atoms with van der Waals surface area (Å²) >= 11 is 1.74. The highest BCUT2D eigenvalue weighted by Crippen LogP contribution is 2.35. The van der Waals surface area contributed by atoms with Gasteiger partial charge in [-0.1, -0.05) is 30.3 Å². The molecule has 4 aromatic rings. The van der Waals surface area contributed by atoms with Gasteiger partial charge in [-0.2, -0.15) is 11.3 Å². The molecule has 4 rings (SSSR count). The van der Waals surface area contributed by atoms with E-state index >= 15 is 0 Å². The summed E-state index contributed by atoms with van der Waals surface area (Å²) in [7, 11) is 0. The van der Waals surface area contributed by atoms with Gasteiger partial charge in [-0.15, -0.1) is 0 Å². The lowest BCUT2D eigenvalue weighted by atomic mass is 10.0. The van der Waals surface area contributed by atoms with Gasteiger partial charge in [0.2, 0.25) is 0 Å². The Kier molecular flexibility index (Phi) is 1.76. The Balaban J connectivity index is 2.48. The number of thiophene rings is 1. The Morgan fingerprint density at radius 3 is 2.29 bits per heavy atom. The van der Waals surface area contributed by atoms with E-state index in [-0.39, 0.29) is 0 Å². The van der Waals surface area contributed by atoms with E-state index in [0.717, 1.165) is 5.52 Å². The van der Waals surface area contributed by atoms with Gasteiger partial charge < -0.3 is 0 Å². The molecule has 2 aromatic carbocycles. The normalized spacial score (nSPS) is 11.5. The molecule has 0 saturated heterocycles. The Hall–Kier alpha value is -1.93. The lowest BCUT2D eigenvalue weighted by molar-refractivity contribution is 1.43. The molecule has 0 spiro atoms. The fraction of sp³-hybridized carbons (Fsp3) is 0. The first kappa shape index (κ1) is 9.14. The molecule has 0 aliphatic rings. The number of rotatable bonds is 0. The molecule has 2 aromatic heterocycles. The van der Waals surface area contributed by atoms with Gasteiger partial charge in [0.05, 0.1) is 5.52 Å². The van der Waals surface area contributed by atoms with Crippen molar-refractivity contribution >= 4 is 43.8 Å². The highest BCUT2D eigenvalue weighted by atomic mass is 32.1. The molecule has 0 radical (unpaired) electrons. The number of hydrogen-bond acceptors (Lipinski definition) is 2. The maximum absolute atomic E-state index is 4.54. The third-order valence-corrected chi connectivity index (χ3v) is 3.98. The topological polar surface area (TPSA) is 12.9 Å². The van der Waals surface area contributed by atoms with Crippen LogP contribution in [0.4, 0.5) is 0 Å². The van der Waals surface area contributed by atoms with Crippen molar-refractivity contribution in [2.24, 2.45) is 0 Å². The minimum atomic E-state index is 1.11. The predicted octanol–water partition coefficient (Wildman–Crippen LogP) is 4.60. The second kappa shape index (κ2) is 3.28. The first-order valence-corrected chi connectivity index (χ1v) is 6.51. The molecule has 0 aliphatic heterocycles. The van der Waals surface area contributed by atoms with Crippen LogP contribution in [0.1, 0.15) is 0 Å². The van der Waals surface area contributed by atoms with Crippen LogP contribution < -0.4 is 0 Å². The fourth-order valence-electron chi connectivity index (χ4n) is 2.48. The quantitative estimate of drug-likeness (QED) is 0.406. The SMILES string of the molecule is c1ccc2c(c1)c1cscc1c1ncccc21. The molecule has 80 valence electrons. The molecule has 0 fully saturated rings. The molecule has 17 heavy (non-hydrogen) atoms. The van der Waals surface area contributed by atoms with E-state index in [1.807, 2.05) is 12.3 Å². The highest BCUT2D eigenvalue weighted by molar-refractivity contribution is 7.09. The van der Waals surface area contributed by atoms with Gasteiger partial charge in [-0.05, 0) is 22.2 Å². The average Bonchev–Trinajstić information content (AvgIpc) is 2.89. The second-order valence-electron chi connectivity index (χ2n) is 4.14. The number of benzene rings is 2. The Bertz CT molecular complexity index is 775. The molecule has 0 atom stereocenters. The maximum atomic E-state index is 4.54. The summed E-state index contributed by atoms with van der Waals surface area (Å²) < 4.78 is 0. The molecule has 0 unspecified atom stereocenters. The van der Waals surface area contributed by atoms with Gasteiger partial charge in [-0.25, -0.2) is 0 Å². The molecule has 0 bridgehead atoms. The molecule has 0 aliphatic carbocycles. The van der Waals surface area contributed by atoms with Crippen molar-refractivity contribution in [1.29, 1.82) is 0 Å². The average molecular weight is 235 g/mol. The van der Waals surface area contributed by atoms with Gasteiger partial charge in [-0.3, -0.25) is 4.98 Å². The Morgan fingerprint density at radius 2 is 1.41 bits per heavy atom. The molecule has 2 heteroatoms. The van der Waals surface area contributed by atoms with Crippen LogP contribution in [0.25, 0.3) is 32.4 Å². The summed E-state index contributed by atoms with van der Waals surface area (Å²) in [6, 6.07) is 12.7. The Labute approximate surface area is 102 Å². The summed E-state index contributed by atoms with van der Waals surface area (Å²) in [5, 5.41) is 10.9. The minimum absolute atomic E-state index is 1.11. The van der Waals surface area contributed by atoms with Crippen LogP contribution in [0.3, 0.4) is 0 Å². The van der Waals surface area contributed by atoms with Crippen molar-refractivity contribution in [3.05, 3.63) is 53.4 Å². The van der Waals surface area contributed by atoms with Crippen LogP contribution >= 0.6 is 11.3 Å². The van der Waals surface area contributed by atoms with Crippen molar-refractivity contribution in [2.45, 2.75) is 0 Å². The van der Waals surface area contributed by atoms with Crippen molar-refractivity contribution in [3.63, 3.8) is 0 Å². The summed E-state index contributed by atoms with van der Waals surface area (Å²) in [6.07, 6.45) is 1.87. The van der Waals surface area contributed by atoms with Crippen molar-refractivity contribution < 1.29 is 0 Å². The zero-order valence-corrected chi connectivity index (χ0v) is 9.87. The molecular weight excluding hydrogens is 226 g/mol. The molecule has 1 nitrogen and oxygen atoms in total.